The number of rotatable bonds is 15. The number of amides is 3. The number of ether oxygens (including phenoxy) is 1. The van der Waals surface area contributed by atoms with Crippen LogP contribution in [-0.4, -0.2) is 78.3 Å². The first-order valence-electron chi connectivity index (χ1n) is 21.6. The number of fused-ring (bicyclic) bond motifs is 1. The zero-order chi connectivity index (χ0) is 44.5. The summed E-state index contributed by atoms with van der Waals surface area (Å²) < 4.78 is 5.80. The third-order valence-electron chi connectivity index (χ3n) is 11.9. The highest BCUT2D eigenvalue weighted by molar-refractivity contribution is 6.06. The maximum Gasteiger partial charge on any atom is 0.411 e. The Labute approximate surface area is 368 Å². The number of hydrogen-bond donors (Lipinski definition) is 5. The number of nitrogens with one attached hydrogen (secondary N) is 4. The number of phenols is 1. The van der Waals surface area contributed by atoms with Crippen molar-refractivity contribution in [2.75, 3.05) is 48.8 Å². The second kappa shape index (κ2) is 20.4. The van der Waals surface area contributed by atoms with Crippen molar-refractivity contribution in [3.63, 3.8) is 0 Å². The second-order valence-corrected chi connectivity index (χ2v) is 16.5. The predicted molar refractivity (Wildman–Crippen MR) is 251 cm³/mol. The molecule has 6 aromatic rings. The molecule has 326 valence electrons. The molecule has 1 saturated heterocycles. The lowest BCUT2D eigenvalue weighted by molar-refractivity contribution is -0.118. The molecule has 0 radical (unpaired) electrons. The number of likely N-dealkylation sites (tertiary alicyclic amines) is 1. The number of benzene rings is 5. The van der Waals surface area contributed by atoms with Gasteiger partial charge < -0.3 is 35.3 Å². The van der Waals surface area contributed by atoms with E-state index >= 15 is 0 Å². The number of para-hydroxylation sites is 1. The fraction of sp³-hybridized carbons (Fsp3) is 0.294. The number of aryl methyl sites for hydroxylation is 1. The monoisotopic (exact) mass is 848 g/mol. The van der Waals surface area contributed by atoms with Crippen LogP contribution < -0.4 is 26.4 Å². The van der Waals surface area contributed by atoms with Gasteiger partial charge in [-0.25, -0.2) is 4.79 Å². The number of aromatic amines is 1. The van der Waals surface area contributed by atoms with Crippen LogP contribution in [-0.2, 0) is 16.0 Å². The first-order chi connectivity index (χ1) is 30.4. The maximum absolute atomic E-state index is 13.4. The van der Waals surface area contributed by atoms with Crippen molar-refractivity contribution >= 4 is 45.9 Å². The van der Waals surface area contributed by atoms with Crippen LogP contribution in [0.15, 0.2) is 126 Å². The van der Waals surface area contributed by atoms with Gasteiger partial charge >= 0.3 is 6.09 Å². The van der Waals surface area contributed by atoms with Gasteiger partial charge in [-0.3, -0.25) is 19.7 Å². The number of carbonyl (C=O) groups is 3. The fourth-order valence-electron chi connectivity index (χ4n) is 8.20. The molecule has 12 heteroatoms. The summed E-state index contributed by atoms with van der Waals surface area (Å²) in [5.41, 5.74) is 7.68. The largest absolute Gasteiger partial charge is 0.506 e. The van der Waals surface area contributed by atoms with Crippen LogP contribution in [0.25, 0.3) is 22.0 Å². The molecular formula is C51H56N6O6. The molecule has 5 aromatic carbocycles. The third-order valence-corrected chi connectivity index (χ3v) is 11.9. The van der Waals surface area contributed by atoms with Crippen molar-refractivity contribution in [3.05, 3.63) is 154 Å². The van der Waals surface area contributed by atoms with Gasteiger partial charge in [0.05, 0.1) is 11.2 Å². The zero-order valence-corrected chi connectivity index (χ0v) is 36.3. The normalized spacial score (nSPS) is 14.2. The van der Waals surface area contributed by atoms with Gasteiger partial charge in [0.1, 0.15) is 11.9 Å². The van der Waals surface area contributed by atoms with Crippen LogP contribution in [0.4, 0.5) is 21.9 Å². The van der Waals surface area contributed by atoms with Gasteiger partial charge in [0, 0.05) is 79.6 Å². The third kappa shape index (κ3) is 11.4. The summed E-state index contributed by atoms with van der Waals surface area (Å²) in [6, 6.07) is 37.7. The van der Waals surface area contributed by atoms with E-state index in [1.165, 1.54) is 6.07 Å². The minimum Gasteiger partial charge on any atom is -0.506 e. The number of nitrogens with zero attached hydrogens (tertiary/aromatic N) is 2. The Morgan fingerprint density at radius 2 is 1.60 bits per heavy atom. The summed E-state index contributed by atoms with van der Waals surface area (Å²) in [6.07, 6.45) is 1.77. The molecule has 0 saturated carbocycles. The van der Waals surface area contributed by atoms with Gasteiger partial charge in [0.2, 0.25) is 11.5 Å². The Balaban J connectivity index is 0.843. The number of aromatic nitrogens is 1. The quantitative estimate of drug-likeness (QED) is 0.0687. The van der Waals surface area contributed by atoms with Crippen LogP contribution in [0.2, 0.25) is 0 Å². The smallest absolute Gasteiger partial charge is 0.411 e. The van der Waals surface area contributed by atoms with Crippen molar-refractivity contribution in [1.29, 1.82) is 0 Å². The molecule has 0 spiro atoms. The first-order valence-corrected chi connectivity index (χ1v) is 21.6. The number of pyridine rings is 1. The van der Waals surface area contributed by atoms with Gasteiger partial charge in [0.15, 0.2) is 0 Å². The van der Waals surface area contributed by atoms with Gasteiger partial charge in [-0.2, -0.15) is 0 Å². The SMILES string of the molecule is Cc1ccc(C(=O)Nc2ccc(CC(C)NC[C@H](C)c3ccc(O)c4[nH]c(=O)ccc34)cc2)cc1N(C)C(=O)CCN1CCC(OC(=O)Nc2ccccc2-c2ccccc2)CC1. The number of phenolic OH excluding ortho intramolecular Hbond substituents is 1. The van der Waals surface area contributed by atoms with E-state index in [-0.39, 0.29) is 41.2 Å². The molecule has 1 aliphatic heterocycles. The second-order valence-electron chi connectivity index (χ2n) is 16.5. The van der Waals surface area contributed by atoms with Crippen LogP contribution in [0.1, 0.15) is 66.1 Å². The predicted octanol–water partition coefficient (Wildman–Crippen LogP) is 8.85. The molecular weight excluding hydrogens is 793 g/mol. The summed E-state index contributed by atoms with van der Waals surface area (Å²) in [4.78, 5) is 58.1. The number of H-pyrrole nitrogens is 1. The molecule has 0 aliphatic carbocycles. The lowest BCUT2D eigenvalue weighted by atomic mass is 9.95. The zero-order valence-electron chi connectivity index (χ0n) is 36.3. The van der Waals surface area contributed by atoms with E-state index in [9.17, 15) is 24.3 Å². The van der Waals surface area contributed by atoms with Crippen molar-refractivity contribution in [1.82, 2.24) is 15.2 Å². The molecule has 63 heavy (non-hydrogen) atoms. The summed E-state index contributed by atoms with van der Waals surface area (Å²) in [5.74, 6) is -0.129. The highest BCUT2D eigenvalue weighted by Gasteiger charge is 2.24. The Kier molecular flexibility index (Phi) is 14.3. The summed E-state index contributed by atoms with van der Waals surface area (Å²) in [6.45, 7) is 8.88. The molecule has 2 atom stereocenters. The standard InChI is InChI=1S/C51H56N6O6/c1-33-14-17-38(50(61)53-39-18-15-36(16-19-39)30-35(3)52-32-34(2)41-20-22-46(58)49-43(41)21-23-47(59)55-49)31-45(33)56(4)48(60)26-29-57-27-24-40(25-28-57)63-51(62)54-44-13-9-8-12-42(44)37-10-6-5-7-11-37/h5-23,31,34-35,40,52,58H,24-30,32H2,1-4H3,(H,53,61)(H,54,62)(H,55,59)/t34-,35?/m0/s1. The van der Waals surface area contributed by atoms with Gasteiger partial charge in [-0.05, 0) is 104 Å². The molecule has 3 amide bonds. The van der Waals surface area contributed by atoms with E-state index in [1.54, 1.807) is 36.2 Å². The van der Waals surface area contributed by atoms with E-state index in [2.05, 4.69) is 39.7 Å². The number of anilines is 3. The molecule has 5 N–H and O–H groups in total. The van der Waals surface area contributed by atoms with Crippen molar-refractivity contribution in [2.45, 2.75) is 64.5 Å². The van der Waals surface area contributed by atoms with Gasteiger partial charge in [0.25, 0.3) is 5.91 Å². The highest BCUT2D eigenvalue weighted by Crippen LogP contribution is 2.31. The summed E-state index contributed by atoms with van der Waals surface area (Å²) >= 11 is 0. The minimum atomic E-state index is -0.473. The van der Waals surface area contributed by atoms with Gasteiger partial charge in [-0.15, -0.1) is 0 Å². The molecule has 12 nitrogen and oxygen atoms in total. The van der Waals surface area contributed by atoms with Crippen molar-refractivity contribution in [2.24, 2.45) is 0 Å². The minimum absolute atomic E-state index is 0.0503. The van der Waals surface area contributed by atoms with Crippen molar-refractivity contribution < 1.29 is 24.2 Å². The van der Waals surface area contributed by atoms with E-state index < -0.39 is 6.09 Å². The highest BCUT2D eigenvalue weighted by atomic mass is 16.6. The Bertz CT molecular complexity index is 2600. The average molecular weight is 849 g/mol. The van der Waals surface area contributed by atoms with E-state index in [0.717, 1.165) is 39.6 Å². The van der Waals surface area contributed by atoms with Crippen LogP contribution in [0.3, 0.4) is 0 Å². The molecule has 7 rings (SSSR count). The van der Waals surface area contributed by atoms with Crippen molar-refractivity contribution in [3.8, 4) is 16.9 Å². The van der Waals surface area contributed by atoms with Crippen LogP contribution >= 0.6 is 0 Å². The van der Waals surface area contributed by atoms with Crippen LogP contribution in [0, 0.1) is 6.92 Å². The molecule has 1 aliphatic rings. The molecule has 2 heterocycles. The number of piperidine rings is 1. The topological polar surface area (TPSA) is 156 Å². The van der Waals surface area contributed by atoms with E-state index in [0.29, 0.717) is 73.6 Å². The number of aromatic hydroxyl groups is 1. The molecule has 1 aromatic heterocycles. The van der Waals surface area contributed by atoms with E-state index in [1.807, 2.05) is 97.9 Å². The Morgan fingerprint density at radius 1 is 0.873 bits per heavy atom. The number of hydrogen-bond acceptors (Lipinski definition) is 8. The number of carbonyl (C=O) groups excluding carboxylic acids is 3. The Morgan fingerprint density at radius 3 is 2.37 bits per heavy atom. The molecule has 1 unspecified atom stereocenters. The first kappa shape index (κ1) is 44.3. The summed E-state index contributed by atoms with van der Waals surface area (Å²) in [5, 5.41) is 20.6. The maximum atomic E-state index is 13.4. The molecule has 0 bridgehead atoms. The fourth-order valence-corrected chi connectivity index (χ4v) is 8.20. The Hall–Kier alpha value is -6.76. The lowest BCUT2D eigenvalue weighted by Gasteiger charge is -2.32. The van der Waals surface area contributed by atoms with Gasteiger partial charge in [-0.1, -0.05) is 79.7 Å². The van der Waals surface area contributed by atoms with E-state index in [4.69, 9.17) is 4.74 Å². The lowest BCUT2D eigenvalue weighted by Crippen LogP contribution is -2.40. The summed E-state index contributed by atoms with van der Waals surface area (Å²) in [7, 11) is 1.74. The molecule has 1 fully saturated rings. The average Bonchev–Trinajstić information content (AvgIpc) is 3.29. The van der Waals surface area contributed by atoms with Crippen LogP contribution in [0.5, 0.6) is 5.75 Å².